The Bertz CT molecular complexity index is 493. The number of nitrogens with zero attached hydrogens (tertiary/aromatic N) is 1. The normalized spacial score (nSPS) is 10.0. The Morgan fingerprint density at radius 2 is 2.10 bits per heavy atom. The molecule has 1 rings (SSSR count). The fourth-order valence-electron chi connectivity index (χ4n) is 1.64. The number of amides is 1. The number of nitrogens with one attached hydrogen (secondary N) is 2. The zero-order chi connectivity index (χ0) is 15.7. The second-order valence-electron chi connectivity index (χ2n) is 4.16. The predicted molar refractivity (Wildman–Crippen MR) is 77.6 cm³/mol. The van der Waals surface area contributed by atoms with Crippen molar-refractivity contribution in [2.24, 2.45) is 0 Å². The molecule has 116 valence electrons. The topological polar surface area (TPSA) is 103 Å². The molecule has 0 aliphatic carbocycles. The molecule has 0 heterocycles. The average Bonchev–Trinajstić information content (AvgIpc) is 2.47. The summed E-state index contributed by atoms with van der Waals surface area (Å²) < 4.78 is 9.79. The predicted octanol–water partition coefficient (Wildman–Crippen LogP) is 1.17. The number of nitro groups is 1. The Morgan fingerprint density at radius 3 is 2.71 bits per heavy atom. The van der Waals surface area contributed by atoms with Crippen LogP contribution >= 0.6 is 0 Å². The van der Waals surface area contributed by atoms with Crippen molar-refractivity contribution in [1.82, 2.24) is 5.32 Å². The van der Waals surface area contributed by atoms with E-state index in [1.54, 1.807) is 13.2 Å². The third-order valence-electron chi connectivity index (χ3n) is 2.69. The summed E-state index contributed by atoms with van der Waals surface area (Å²) in [6.07, 6.45) is 0.295. The standard InChI is InChI=1S/C13H19N3O5/c1-20-8-7-15-13(17)5-6-14-10-3-4-11(16(18)19)12(9-10)21-2/h3-4,9,14H,5-8H2,1-2H3,(H,15,17). The van der Waals surface area contributed by atoms with Gasteiger partial charge in [-0.05, 0) is 6.07 Å². The van der Waals surface area contributed by atoms with Crippen molar-refractivity contribution in [2.45, 2.75) is 6.42 Å². The highest BCUT2D eigenvalue weighted by molar-refractivity contribution is 5.76. The van der Waals surface area contributed by atoms with Gasteiger partial charge in [0.15, 0.2) is 5.75 Å². The van der Waals surface area contributed by atoms with Crippen LogP contribution in [0.5, 0.6) is 5.75 Å². The van der Waals surface area contributed by atoms with Gasteiger partial charge in [-0.2, -0.15) is 0 Å². The third kappa shape index (κ3) is 5.65. The Hall–Kier alpha value is -2.35. The summed E-state index contributed by atoms with van der Waals surface area (Å²) in [6.45, 7) is 1.36. The van der Waals surface area contributed by atoms with Crippen molar-refractivity contribution in [3.8, 4) is 5.75 Å². The van der Waals surface area contributed by atoms with Gasteiger partial charge >= 0.3 is 5.69 Å². The molecule has 0 unspecified atom stereocenters. The van der Waals surface area contributed by atoms with Crippen LogP contribution in [0.15, 0.2) is 18.2 Å². The number of hydrogen-bond donors (Lipinski definition) is 2. The molecule has 0 radical (unpaired) electrons. The molecule has 0 bridgehead atoms. The van der Waals surface area contributed by atoms with Crippen LogP contribution in [-0.4, -0.2) is 44.7 Å². The number of rotatable bonds is 9. The number of carbonyl (C=O) groups excluding carboxylic acids is 1. The molecule has 0 aromatic heterocycles. The second kappa shape index (κ2) is 8.75. The molecule has 8 heteroatoms. The summed E-state index contributed by atoms with van der Waals surface area (Å²) in [4.78, 5) is 21.7. The summed E-state index contributed by atoms with van der Waals surface area (Å²) in [6, 6.07) is 4.46. The van der Waals surface area contributed by atoms with Crippen LogP contribution in [0.3, 0.4) is 0 Å². The van der Waals surface area contributed by atoms with Crippen LogP contribution in [0.1, 0.15) is 6.42 Å². The van der Waals surface area contributed by atoms with Gasteiger partial charge in [-0.25, -0.2) is 0 Å². The lowest BCUT2D eigenvalue weighted by molar-refractivity contribution is -0.385. The van der Waals surface area contributed by atoms with Crippen LogP contribution in [0.25, 0.3) is 0 Å². The van der Waals surface area contributed by atoms with E-state index in [1.807, 2.05) is 0 Å². The van der Waals surface area contributed by atoms with Gasteiger partial charge in [-0.1, -0.05) is 0 Å². The molecule has 1 aromatic carbocycles. The van der Waals surface area contributed by atoms with Crippen LogP contribution in [-0.2, 0) is 9.53 Å². The number of ether oxygens (including phenoxy) is 2. The van der Waals surface area contributed by atoms with E-state index in [0.29, 0.717) is 31.8 Å². The number of nitro benzene ring substituents is 1. The first-order chi connectivity index (χ1) is 10.1. The molecule has 8 nitrogen and oxygen atoms in total. The molecule has 0 aliphatic rings. The van der Waals surface area contributed by atoms with Gasteiger partial charge < -0.3 is 20.1 Å². The monoisotopic (exact) mass is 297 g/mol. The van der Waals surface area contributed by atoms with Crippen LogP contribution in [0, 0.1) is 10.1 Å². The molecule has 2 N–H and O–H groups in total. The molecule has 0 atom stereocenters. The molecular weight excluding hydrogens is 278 g/mol. The summed E-state index contributed by atoms with van der Waals surface area (Å²) in [5, 5.41) is 16.5. The molecule has 0 saturated heterocycles. The minimum Gasteiger partial charge on any atom is -0.490 e. The Balaban J connectivity index is 2.45. The van der Waals surface area contributed by atoms with Gasteiger partial charge in [0.05, 0.1) is 18.6 Å². The highest BCUT2D eigenvalue weighted by Crippen LogP contribution is 2.29. The van der Waals surface area contributed by atoms with E-state index in [1.165, 1.54) is 19.2 Å². The quantitative estimate of drug-likeness (QED) is 0.403. The summed E-state index contributed by atoms with van der Waals surface area (Å²) in [5.74, 6) is 0.0861. The first kappa shape index (κ1) is 16.7. The van der Waals surface area contributed by atoms with Gasteiger partial charge in [0.1, 0.15) is 0 Å². The maximum absolute atomic E-state index is 11.5. The maximum Gasteiger partial charge on any atom is 0.311 e. The lowest BCUT2D eigenvalue weighted by Crippen LogP contribution is -2.28. The number of benzene rings is 1. The summed E-state index contributed by atoms with van der Waals surface area (Å²) in [5.41, 5.74) is 0.558. The molecule has 0 fully saturated rings. The smallest absolute Gasteiger partial charge is 0.311 e. The van der Waals surface area contributed by atoms with Crippen molar-refractivity contribution in [3.05, 3.63) is 28.3 Å². The number of anilines is 1. The number of carbonyl (C=O) groups is 1. The fourth-order valence-corrected chi connectivity index (χ4v) is 1.64. The highest BCUT2D eigenvalue weighted by Gasteiger charge is 2.14. The lowest BCUT2D eigenvalue weighted by atomic mass is 10.2. The van der Waals surface area contributed by atoms with Crippen molar-refractivity contribution in [2.75, 3.05) is 39.2 Å². The first-order valence-electron chi connectivity index (χ1n) is 6.40. The molecule has 0 spiro atoms. The molecular formula is C13H19N3O5. The Labute approximate surface area is 122 Å². The number of hydrogen-bond acceptors (Lipinski definition) is 6. The number of methoxy groups -OCH3 is 2. The van der Waals surface area contributed by atoms with Crippen LogP contribution in [0.2, 0.25) is 0 Å². The minimum absolute atomic E-state index is 0.0894. The molecule has 0 aliphatic heterocycles. The Kier molecular flexibility index (Phi) is 6.96. The molecule has 0 saturated carbocycles. The average molecular weight is 297 g/mol. The molecule has 1 amide bonds. The minimum atomic E-state index is -0.508. The second-order valence-corrected chi connectivity index (χ2v) is 4.16. The van der Waals surface area contributed by atoms with Gasteiger partial charge in [-0.15, -0.1) is 0 Å². The third-order valence-corrected chi connectivity index (χ3v) is 2.69. The fraction of sp³-hybridized carbons (Fsp3) is 0.462. The van der Waals surface area contributed by atoms with E-state index >= 15 is 0 Å². The van der Waals surface area contributed by atoms with E-state index in [-0.39, 0.29) is 17.3 Å². The molecule has 21 heavy (non-hydrogen) atoms. The summed E-state index contributed by atoms with van der Waals surface area (Å²) >= 11 is 0. The zero-order valence-electron chi connectivity index (χ0n) is 12.0. The van der Waals surface area contributed by atoms with E-state index in [4.69, 9.17) is 9.47 Å². The lowest BCUT2D eigenvalue weighted by Gasteiger charge is -2.09. The van der Waals surface area contributed by atoms with Crippen LogP contribution in [0.4, 0.5) is 11.4 Å². The summed E-state index contributed by atoms with van der Waals surface area (Å²) in [7, 11) is 2.94. The highest BCUT2D eigenvalue weighted by atomic mass is 16.6. The maximum atomic E-state index is 11.5. The largest absolute Gasteiger partial charge is 0.490 e. The van der Waals surface area contributed by atoms with E-state index < -0.39 is 4.92 Å². The SMILES string of the molecule is COCCNC(=O)CCNc1ccc([N+](=O)[O-])c(OC)c1. The van der Waals surface area contributed by atoms with Crippen molar-refractivity contribution in [3.63, 3.8) is 0 Å². The van der Waals surface area contributed by atoms with Gasteiger partial charge in [0.2, 0.25) is 5.91 Å². The van der Waals surface area contributed by atoms with Gasteiger partial charge in [0, 0.05) is 44.4 Å². The van der Waals surface area contributed by atoms with E-state index in [0.717, 1.165) is 0 Å². The van der Waals surface area contributed by atoms with Gasteiger partial charge in [-0.3, -0.25) is 14.9 Å². The van der Waals surface area contributed by atoms with Crippen molar-refractivity contribution >= 4 is 17.3 Å². The first-order valence-corrected chi connectivity index (χ1v) is 6.40. The van der Waals surface area contributed by atoms with E-state index in [9.17, 15) is 14.9 Å². The van der Waals surface area contributed by atoms with Gasteiger partial charge in [0.25, 0.3) is 0 Å². The van der Waals surface area contributed by atoms with Crippen molar-refractivity contribution in [1.29, 1.82) is 0 Å². The molecule has 1 aromatic rings. The van der Waals surface area contributed by atoms with E-state index in [2.05, 4.69) is 10.6 Å². The van der Waals surface area contributed by atoms with Crippen LogP contribution < -0.4 is 15.4 Å². The van der Waals surface area contributed by atoms with Crippen molar-refractivity contribution < 1.29 is 19.2 Å². The zero-order valence-corrected chi connectivity index (χ0v) is 12.0. The Morgan fingerprint density at radius 1 is 1.33 bits per heavy atom.